The smallest absolute Gasteiger partial charge is 0.397 e. The zero-order chi connectivity index (χ0) is 13.3. The van der Waals surface area contributed by atoms with E-state index in [1.165, 1.54) is 12.1 Å². The molecule has 2 rings (SSSR count). The third-order valence-electron chi connectivity index (χ3n) is 2.67. The number of nitrogens with zero attached hydrogens (tertiary/aromatic N) is 1. The van der Waals surface area contributed by atoms with Crippen LogP contribution in [0.15, 0.2) is 36.5 Å². The fraction of sp³-hybridized carbons (Fsp3) is 0.154. The largest absolute Gasteiger partial charge is 0.416 e. The number of alkyl halides is 3. The molecule has 1 aromatic heterocycles. The summed E-state index contributed by atoms with van der Waals surface area (Å²) in [5, 5.41) is 0. The van der Waals surface area contributed by atoms with Crippen LogP contribution in [0.4, 0.5) is 18.9 Å². The number of anilines is 1. The average molecular weight is 252 g/mol. The second-order valence-corrected chi connectivity index (χ2v) is 3.97. The van der Waals surface area contributed by atoms with Crippen molar-refractivity contribution in [3.05, 3.63) is 47.8 Å². The van der Waals surface area contributed by atoms with Crippen LogP contribution in [0.25, 0.3) is 11.1 Å². The zero-order valence-electron chi connectivity index (χ0n) is 9.62. The van der Waals surface area contributed by atoms with Crippen LogP contribution >= 0.6 is 0 Å². The summed E-state index contributed by atoms with van der Waals surface area (Å²) in [6.07, 6.45) is -2.72. The molecule has 0 saturated carbocycles. The molecule has 0 amide bonds. The van der Waals surface area contributed by atoms with Gasteiger partial charge in [-0.15, -0.1) is 0 Å². The van der Waals surface area contributed by atoms with Gasteiger partial charge in [-0.2, -0.15) is 13.2 Å². The van der Waals surface area contributed by atoms with E-state index in [0.29, 0.717) is 22.5 Å². The first-order chi connectivity index (χ1) is 8.38. The van der Waals surface area contributed by atoms with Crippen molar-refractivity contribution in [2.24, 2.45) is 0 Å². The standard InChI is InChI=1S/C13H11F3N2/c1-8-12(17)6-10(7-18-8)9-2-4-11(5-3-9)13(14,15)16/h2-7H,17H2,1H3. The molecule has 0 atom stereocenters. The van der Waals surface area contributed by atoms with Crippen molar-refractivity contribution in [3.63, 3.8) is 0 Å². The van der Waals surface area contributed by atoms with Crippen molar-refractivity contribution in [1.82, 2.24) is 4.98 Å². The number of hydrogen-bond donors (Lipinski definition) is 1. The van der Waals surface area contributed by atoms with Crippen LogP contribution in [0.2, 0.25) is 0 Å². The summed E-state index contributed by atoms with van der Waals surface area (Å²) in [6.45, 7) is 1.77. The van der Waals surface area contributed by atoms with E-state index in [1.54, 1.807) is 19.2 Å². The Morgan fingerprint density at radius 2 is 1.67 bits per heavy atom. The van der Waals surface area contributed by atoms with Crippen molar-refractivity contribution < 1.29 is 13.2 Å². The van der Waals surface area contributed by atoms with Crippen molar-refractivity contribution >= 4 is 5.69 Å². The summed E-state index contributed by atoms with van der Waals surface area (Å²) >= 11 is 0. The first-order valence-corrected chi connectivity index (χ1v) is 5.27. The van der Waals surface area contributed by atoms with Crippen molar-refractivity contribution in [3.8, 4) is 11.1 Å². The van der Waals surface area contributed by atoms with Crippen LogP contribution in [0, 0.1) is 6.92 Å². The van der Waals surface area contributed by atoms with Crippen molar-refractivity contribution in [2.75, 3.05) is 5.73 Å². The second-order valence-electron chi connectivity index (χ2n) is 3.97. The van der Waals surface area contributed by atoms with Gasteiger partial charge in [-0.3, -0.25) is 4.98 Å². The number of aryl methyl sites for hydroxylation is 1. The minimum Gasteiger partial charge on any atom is -0.397 e. The topological polar surface area (TPSA) is 38.9 Å². The predicted molar refractivity (Wildman–Crippen MR) is 63.8 cm³/mol. The Kier molecular flexibility index (Phi) is 2.98. The molecule has 1 aromatic carbocycles. The van der Waals surface area contributed by atoms with Gasteiger partial charge < -0.3 is 5.73 Å². The van der Waals surface area contributed by atoms with Crippen molar-refractivity contribution in [1.29, 1.82) is 0 Å². The molecule has 0 aliphatic carbocycles. The van der Waals surface area contributed by atoms with Gasteiger partial charge in [0, 0.05) is 11.8 Å². The lowest BCUT2D eigenvalue weighted by Crippen LogP contribution is -2.04. The van der Waals surface area contributed by atoms with Crippen molar-refractivity contribution in [2.45, 2.75) is 13.1 Å². The quantitative estimate of drug-likeness (QED) is 0.841. The van der Waals surface area contributed by atoms with E-state index in [4.69, 9.17) is 5.73 Å². The van der Waals surface area contributed by atoms with E-state index >= 15 is 0 Å². The van der Waals surface area contributed by atoms with Gasteiger partial charge in [0.05, 0.1) is 16.9 Å². The van der Waals surface area contributed by atoms with Gasteiger partial charge in [0.2, 0.25) is 0 Å². The first kappa shape index (κ1) is 12.4. The van der Waals surface area contributed by atoms with Crippen LogP contribution in [-0.2, 0) is 6.18 Å². The number of rotatable bonds is 1. The highest BCUT2D eigenvalue weighted by molar-refractivity contribution is 5.67. The highest BCUT2D eigenvalue weighted by atomic mass is 19.4. The Labute approximate surface area is 102 Å². The monoisotopic (exact) mass is 252 g/mol. The highest BCUT2D eigenvalue weighted by Crippen LogP contribution is 2.31. The third kappa shape index (κ3) is 2.45. The molecule has 18 heavy (non-hydrogen) atoms. The molecule has 0 aliphatic rings. The Morgan fingerprint density at radius 1 is 1.06 bits per heavy atom. The fourth-order valence-electron chi connectivity index (χ4n) is 1.56. The summed E-state index contributed by atoms with van der Waals surface area (Å²) in [7, 11) is 0. The number of aromatic nitrogens is 1. The number of benzene rings is 1. The summed E-state index contributed by atoms with van der Waals surface area (Å²) in [4.78, 5) is 4.08. The predicted octanol–water partition coefficient (Wildman–Crippen LogP) is 3.66. The van der Waals surface area contributed by atoms with E-state index in [-0.39, 0.29) is 0 Å². The van der Waals surface area contributed by atoms with E-state index in [9.17, 15) is 13.2 Å². The molecule has 2 N–H and O–H groups in total. The van der Waals surface area contributed by atoms with E-state index in [2.05, 4.69) is 4.98 Å². The van der Waals surface area contributed by atoms with E-state index < -0.39 is 11.7 Å². The van der Waals surface area contributed by atoms with Gasteiger partial charge in [-0.1, -0.05) is 12.1 Å². The average Bonchev–Trinajstić information content (AvgIpc) is 2.32. The minimum absolute atomic E-state index is 0.521. The summed E-state index contributed by atoms with van der Waals surface area (Å²) in [5.41, 5.74) is 7.62. The number of nitrogen functional groups attached to an aromatic ring is 1. The molecule has 2 aromatic rings. The molecule has 0 saturated heterocycles. The minimum atomic E-state index is -4.32. The Balaban J connectivity index is 2.37. The second kappa shape index (κ2) is 4.33. The van der Waals surface area contributed by atoms with Crippen LogP contribution in [-0.4, -0.2) is 4.98 Å². The van der Waals surface area contributed by atoms with Crippen LogP contribution < -0.4 is 5.73 Å². The van der Waals surface area contributed by atoms with Gasteiger partial charge in [-0.25, -0.2) is 0 Å². The number of nitrogens with two attached hydrogens (primary N) is 1. The lowest BCUT2D eigenvalue weighted by Gasteiger charge is -2.08. The third-order valence-corrected chi connectivity index (χ3v) is 2.67. The Morgan fingerprint density at radius 3 is 2.17 bits per heavy atom. The maximum atomic E-state index is 12.4. The normalized spacial score (nSPS) is 11.6. The Hall–Kier alpha value is -2.04. The maximum Gasteiger partial charge on any atom is 0.416 e. The lowest BCUT2D eigenvalue weighted by molar-refractivity contribution is -0.137. The van der Waals surface area contributed by atoms with Gasteiger partial charge in [0.25, 0.3) is 0 Å². The molecule has 0 fully saturated rings. The van der Waals surface area contributed by atoms with Gasteiger partial charge in [0.1, 0.15) is 0 Å². The summed E-state index contributed by atoms with van der Waals surface area (Å²) < 4.78 is 37.2. The molecule has 2 nitrogen and oxygen atoms in total. The van der Waals surface area contributed by atoms with Crippen LogP contribution in [0.3, 0.4) is 0 Å². The van der Waals surface area contributed by atoms with Gasteiger partial charge >= 0.3 is 6.18 Å². The molecular formula is C13H11F3N2. The van der Waals surface area contributed by atoms with Gasteiger partial charge in [0.15, 0.2) is 0 Å². The molecule has 5 heteroatoms. The number of halogens is 3. The van der Waals surface area contributed by atoms with E-state index in [0.717, 1.165) is 12.1 Å². The molecule has 0 aliphatic heterocycles. The molecule has 0 radical (unpaired) electrons. The van der Waals surface area contributed by atoms with Gasteiger partial charge in [-0.05, 0) is 30.7 Å². The molecule has 94 valence electrons. The number of hydrogen-bond acceptors (Lipinski definition) is 2. The van der Waals surface area contributed by atoms with E-state index in [1.807, 2.05) is 0 Å². The summed E-state index contributed by atoms with van der Waals surface area (Å²) in [5.74, 6) is 0. The lowest BCUT2D eigenvalue weighted by atomic mass is 10.0. The van der Waals surface area contributed by atoms with Crippen LogP contribution in [0.1, 0.15) is 11.3 Å². The molecule has 0 unspecified atom stereocenters. The molecule has 0 bridgehead atoms. The maximum absolute atomic E-state index is 12.4. The first-order valence-electron chi connectivity index (χ1n) is 5.27. The summed E-state index contributed by atoms with van der Waals surface area (Å²) in [6, 6.07) is 6.62. The Bertz CT molecular complexity index is 559. The highest BCUT2D eigenvalue weighted by Gasteiger charge is 2.29. The molecule has 0 spiro atoms. The fourth-order valence-corrected chi connectivity index (χ4v) is 1.56. The molecular weight excluding hydrogens is 241 g/mol. The molecule has 1 heterocycles. The number of pyridine rings is 1. The zero-order valence-corrected chi connectivity index (χ0v) is 9.62. The SMILES string of the molecule is Cc1ncc(-c2ccc(C(F)(F)F)cc2)cc1N. The van der Waals surface area contributed by atoms with Crippen LogP contribution in [0.5, 0.6) is 0 Å².